The van der Waals surface area contributed by atoms with E-state index in [1.54, 1.807) is 0 Å². The average molecular weight is 783 g/mol. The highest BCUT2D eigenvalue weighted by molar-refractivity contribution is 5.16. The summed E-state index contributed by atoms with van der Waals surface area (Å²) in [5.74, 6) is -1.70. The Morgan fingerprint density at radius 1 is 0.421 bits per heavy atom. The van der Waals surface area contributed by atoms with Crippen LogP contribution in [0.2, 0.25) is 0 Å². The average Bonchev–Trinajstić information content (AvgIpc) is 3.73. The minimum Gasteiger partial charge on any atom is -0.374 e. The molecule has 0 bridgehead atoms. The molecule has 304 valence electrons. The van der Waals surface area contributed by atoms with Gasteiger partial charge in [-0.3, -0.25) is 0 Å². The molecule has 4 aromatic carbocycles. The molecule has 10 atom stereocenters. The van der Waals surface area contributed by atoms with Gasteiger partial charge in [0, 0.05) is 0 Å². The van der Waals surface area contributed by atoms with Crippen molar-refractivity contribution in [3.63, 3.8) is 0 Å². The maximum atomic E-state index is 6.91. The number of fused-ring (bicyclic) bond motifs is 3. The van der Waals surface area contributed by atoms with Gasteiger partial charge in [-0.1, -0.05) is 121 Å². The lowest BCUT2D eigenvalue weighted by atomic mass is 9.97. The van der Waals surface area contributed by atoms with Crippen LogP contribution in [0.3, 0.4) is 0 Å². The van der Waals surface area contributed by atoms with Crippen LogP contribution >= 0.6 is 0 Å². The number of rotatable bonds is 16. The van der Waals surface area contributed by atoms with Crippen molar-refractivity contribution in [2.75, 3.05) is 13.2 Å². The van der Waals surface area contributed by atoms with Crippen LogP contribution in [0.15, 0.2) is 121 Å². The van der Waals surface area contributed by atoms with Crippen molar-refractivity contribution in [3.05, 3.63) is 144 Å². The van der Waals surface area contributed by atoms with Gasteiger partial charge in [0.05, 0.1) is 39.6 Å². The van der Waals surface area contributed by atoms with Crippen molar-refractivity contribution in [1.82, 2.24) is 0 Å². The summed E-state index contributed by atoms with van der Waals surface area (Å²) in [5, 5.41) is 0. The topological polar surface area (TPSA) is 102 Å². The SMILES string of the molecule is CC1(C)O[C@H]2[C@@H](O1)[C@@H](CO[C@@H]1O[C@H](COCc3ccccc3)[C@H](OCc3ccccc3)[C@H](OCc3ccccc3)[C@H]1OCc1ccccc1)O[C@@H]1OC(C)(C)O[C@@H]12. The first-order valence-electron chi connectivity index (χ1n) is 19.9. The normalized spacial score (nSPS) is 31.4. The van der Waals surface area contributed by atoms with E-state index in [2.05, 4.69) is 0 Å². The Kier molecular flexibility index (Phi) is 12.8. The van der Waals surface area contributed by atoms with Crippen LogP contribution < -0.4 is 0 Å². The maximum absolute atomic E-state index is 6.91. The third-order valence-corrected chi connectivity index (χ3v) is 10.5. The monoisotopic (exact) mass is 782 g/mol. The summed E-state index contributed by atoms with van der Waals surface area (Å²) < 4.78 is 72.3. The van der Waals surface area contributed by atoms with Crippen LogP contribution in [0.25, 0.3) is 0 Å². The van der Waals surface area contributed by atoms with Crippen molar-refractivity contribution in [2.45, 2.75) is 127 Å². The first kappa shape index (κ1) is 40.2. The third kappa shape index (κ3) is 10.2. The summed E-state index contributed by atoms with van der Waals surface area (Å²) in [6.45, 7) is 9.15. The van der Waals surface area contributed by atoms with Crippen LogP contribution in [0.4, 0.5) is 0 Å². The molecule has 4 aromatic rings. The van der Waals surface area contributed by atoms with Gasteiger partial charge >= 0.3 is 0 Å². The first-order valence-corrected chi connectivity index (χ1v) is 19.9. The Hall–Kier alpha value is -3.56. The molecule has 4 fully saturated rings. The Balaban J connectivity index is 1.09. The van der Waals surface area contributed by atoms with Gasteiger partial charge in [-0.25, -0.2) is 0 Å². The lowest BCUT2D eigenvalue weighted by Gasteiger charge is -2.46. The Labute approximate surface area is 335 Å². The van der Waals surface area contributed by atoms with Gasteiger partial charge < -0.3 is 52.1 Å². The highest BCUT2D eigenvalue weighted by Crippen LogP contribution is 2.44. The molecule has 4 saturated heterocycles. The van der Waals surface area contributed by atoms with Crippen LogP contribution in [0, 0.1) is 0 Å². The number of benzene rings is 4. The lowest BCUT2D eigenvalue weighted by Crippen LogP contribution is -2.62. The zero-order valence-electron chi connectivity index (χ0n) is 33.1. The molecule has 11 nitrogen and oxygen atoms in total. The second kappa shape index (κ2) is 18.1. The molecule has 0 amide bonds. The first-order chi connectivity index (χ1) is 27.7. The van der Waals surface area contributed by atoms with E-state index in [0.717, 1.165) is 22.3 Å². The molecule has 4 aliphatic rings. The molecular formula is C46H54O11. The molecule has 4 aliphatic heterocycles. The molecule has 0 saturated carbocycles. The van der Waals surface area contributed by atoms with Gasteiger partial charge in [0.2, 0.25) is 0 Å². The summed E-state index contributed by atoms with van der Waals surface area (Å²) in [7, 11) is 0. The highest BCUT2D eigenvalue weighted by Gasteiger charge is 2.61. The molecule has 0 spiro atoms. The maximum Gasteiger partial charge on any atom is 0.190 e. The standard InChI is InChI=1S/C46H54O11/c1-45(2)54-38-36(53-44-42(40(38)55-45)56-46(3,4)57-44)30-51-43-41(50-28-34-23-15-8-16-24-34)39(49-27-33-21-13-7-14-22-33)37(48-26-32-19-11-6-12-20-32)35(52-43)29-47-25-31-17-9-5-10-18-31/h5-24,35-44H,25-30H2,1-4H3/t35-,36-,37+,38+,39+,40+,41-,42-,43-,44-/m1/s1. The van der Waals surface area contributed by atoms with Crippen molar-refractivity contribution >= 4 is 0 Å². The molecule has 0 radical (unpaired) electrons. The van der Waals surface area contributed by atoms with Crippen molar-refractivity contribution < 1.29 is 52.1 Å². The third-order valence-electron chi connectivity index (χ3n) is 10.5. The molecule has 4 heterocycles. The zero-order chi connectivity index (χ0) is 39.2. The van der Waals surface area contributed by atoms with Crippen molar-refractivity contribution in [2.24, 2.45) is 0 Å². The van der Waals surface area contributed by atoms with Crippen LogP contribution in [0.5, 0.6) is 0 Å². The van der Waals surface area contributed by atoms with Gasteiger partial charge in [0.1, 0.15) is 48.8 Å². The highest BCUT2D eigenvalue weighted by atomic mass is 16.9. The zero-order valence-corrected chi connectivity index (χ0v) is 33.1. The minimum atomic E-state index is -0.913. The number of hydrogen-bond acceptors (Lipinski definition) is 11. The molecule has 0 aromatic heterocycles. The second-order valence-electron chi connectivity index (χ2n) is 15.9. The van der Waals surface area contributed by atoms with Crippen molar-refractivity contribution in [1.29, 1.82) is 0 Å². The quantitative estimate of drug-likeness (QED) is 0.116. The van der Waals surface area contributed by atoms with Gasteiger partial charge in [-0.15, -0.1) is 0 Å². The fraction of sp³-hybridized carbons (Fsp3) is 0.478. The van der Waals surface area contributed by atoms with Crippen LogP contribution in [0.1, 0.15) is 49.9 Å². The largest absolute Gasteiger partial charge is 0.374 e. The Bertz CT molecular complexity index is 1810. The van der Waals surface area contributed by atoms with E-state index in [1.807, 2.05) is 149 Å². The van der Waals surface area contributed by atoms with Gasteiger partial charge in [-0.2, -0.15) is 0 Å². The predicted octanol–water partition coefficient (Wildman–Crippen LogP) is 7.10. The van der Waals surface area contributed by atoms with Crippen LogP contribution in [-0.4, -0.2) is 86.2 Å². The molecule has 0 unspecified atom stereocenters. The molecule has 8 rings (SSSR count). The van der Waals surface area contributed by atoms with Gasteiger partial charge in [-0.05, 0) is 49.9 Å². The second-order valence-corrected chi connectivity index (χ2v) is 15.9. The number of hydrogen-bond donors (Lipinski definition) is 0. The molecule has 0 N–H and O–H groups in total. The Morgan fingerprint density at radius 2 is 0.877 bits per heavy atom. The summed E-state index contributed by atoms with van der Waals surface area (Å²) in [5.41, 5.74) is 4.08. The fourth-order valence-corrected chi connectivity index (χ4v) is 7.90. The molecule has 0 aliphatic carbocycles. The number of ether oxygens (including phenoxy) is 11. The van der Waals surface area contributed by atoms with E-state index in [9.17, 15) is 0 Å². The smallest absolute Gasteiger partial charge is 0.190 e. The molecule has 57 heavy (non-hydrogen) atoms. The summed E-state index contributed by atoms with van der Waals surface area (Å²) in [6, 6.07) is 40.2. The van der Waals surface area contributed by atoms with Gasteiger partial charge in [0.25, 0.3) is 0 Å². The summed E-state index contributed by atoms with van der Waals surface area (Å²) in [4.78, 5) is 0. The van der Waals surface area contributed by atoms with Crippen LogP contribution in [-0.2, 0) is 78.5 Å². The minimum absolute atomic E-state index is 0.0853. The predicted molar refractivity (Wildman–Crippen MR) is 208 cm³/mol. The fourth-order valence-electron chi connectivity index (χ4n) is 7.90. The van der Waals surface area contributed by atoms with E-state index in [4.69, 9.17) is 52.1 Å². The molecule has 11 heteroatoms. The van der Waals surface area contributed by atoms with E-state index in [-0.39, 0.29) is 13.2 Å². The molecular weight excluding hydrogens is 728 g/mol. The van der Waals surface area contributed by atoms with E-state index in [1.165, 1.54) is 0 Å². The van der Waals surface area contributed by atoms with Crippen molar-refractivity contribution in [3.8, 4) is 0 Å². The lowest BCUT2D eigenvalue weighted by molar-refractivity contribution is -0.337. The Morgan fingerprint density at radius 3 is 1.44 bits per heavy atom. The van der Waals surface area contributed by atoms with E-state index >= 15 is 0 Å². The van der Waals surface area contributed by atoms with E-state index in [0.29, 0.717) is 26.4 Å². The van der Waals surface area contributed by atoms with E-state index < -0.39 is 73.0 Å². The summed E-state index contributed by atoms with van der Waals surface area (Å²) >= 11 is 0. The van der Waals surface area contributed by atoms with Gasteiger partial charge in [0.15, 0.2) is 24.2 Å². The summed E-state index contributed by atoms with van der Waals surface area (Å²) in [6.07, 6.45) is -6.08.